The maximum Gasteiger partial charge on any atom is 0.490 e. The molecule has 0 spiro atoms. The third-order valence-corrected chi connectivity index (χ3v) is 8.51. The summed E-state index contributed by atoms with van der Waals surface area (Å²) in [7, 11) is 0. The number of aliphatic carboxylic acids is 1. The molecule has 0 radical (unpaired) electrons. The first-order chi connectivity index (χ1) is 22.8. The van der Waals surface area contributed by atoms with Crippen LogP contribution < -0.4 is 9.80 Å². The number of ether oxygens (including phenoxy) is 1. The highest BCUT2D eigenvalue weighted by Gasteiger charge is 2.38. The molecule has 2 saturated heterocycles. The van der Waals surface area contributed by atoms with Gasteiger partial charge in [0.1, 0.15) is 11.3 Å². The third kappa shape index (κ3) is 9.16. The van der Waals surface area contributed by atoms with E-state index in [9.17, 15) is 26.7 Å². The molecule has 2 fully saturated rings. The van der Waals surface area contributed by atoms with Crippen molar-refractivity contribution in [2.24, 2.45) is 0 Å². The Morgan fingerprint density at radius 1 is 1.02 bits per heavy atom. The minimum Gasteiger partial charge on any atom is -0.475 e. The van der Waals surface area contributed by atoms with Crippen LogP contribution in [-0.4, -0.2) is 90.3 Å². The lowest BCUT2D eigenvalue weighted by atomic mass is 9.99. The van der Waals surface area contributed by atoms with Crippen LogP contribution in [0, 0.1) is 0 Å². The summed E-state index contributed by atoms with van der Waals surface area (Å²) in [5, 5.41) is 12.0. The topological polar surface area (TPSA) is 91.1 Å². The monoisotopic (exact) mass is 699 g/mol. The van der Waals surface area contributed by atoms with Crippen LogP contribution in [0.5, 0.6) is 0 Å². The van der Waals surface area contributed by atoms with Crippen molar-refractivity contribution in [3.63, 3.8) is 0 Å². The molecular formula is C33H39ClF5N5O4. The van der Waals surface area contributed by atoms with Crippen molar-refractivity contribution in [2.75, 3.05) is 62.2 Å². The normalized spacial score (nSPS) is 17.2. The van der Waals surface area contributed by atoms with Gasteiger partial charge in [-0.05, 0) is 62.6 Å². The molecule has 15 heteroatoms. The lowest BCUT2D eigenvalue weighted by Gasteiger charge is -2.37. The number of rotatable bonds is 9. The molecule has 48 heavy (non-hydrogen) atoms. The Bertz CT molecular complexity index is 1530. The second-order valence-electron chi connectivity index (χ2n) is 11.5. The Hall–Kier alpha value is -3.91. The van der Waals surface area contributed by atoms with Crippen molar-refractivity contribution in [1.29, 1.82) is 0 Å². The maximum absolute atomic E-state index is 14.2. The van der Waals surface area contributed by atoms with Crippen LogP contribution in [0.25, 0.3) is 11.1 Å². The van der Waals surface area contributed by atoms with Gasteiger partial charge in [-0.1, -0.05) is 36.7 Å². The number of benzene rings is 2. The van der Waals surface area contributed by atoms with E-state index < -0.39 is 24.5 Å². The zero-order valence-corrected chi connectivity index (χ0v) is 27.5. The van der Waals surface area contributed by atoms with Crippen molar-refractivity contribution in [2.45, 2.75) is 51.8 Å². The number of carbonyl (C=O) groups excluding carboxylic acids is 1. The molecule has 3 heterocycles. The lowest BCUT2D eigenvalue weighted by Crippen LogP contribution is -2.46. The van der Waals surface area contributed by atoms with Crippen LogP contribution in [0.4, 0.5) is 33.3 Å². The van der Waals surface area contributed by atoms with Gasteiger partial charge in [-0.2, -0.15) is 18.3 Å². The van der Waals surface area contributed by atoms with Gasteiger partial charge in [-0.3, -0.25) is 9.58 Å². The Kier molecular flexibility index (Phi) is 12.7. The molecule has 0 aliphatic carbocycles. The number of hydrogen-bond donors (Lipinski definition) is 1. The van der Waals surface area contributed by atoms with E-state index in [4.69, 9.17) is 26.2 Å². The van der Waals surface area contributed by atoms with Crippen LogP contribution in [0.15, 0.2) is 48.7 Å². The van der Waals surface area contributed by atoms with Crippen LogP contribution in [0.2, 0.25) is 5.02 Å². The summed E-state index contributed by atoms with van der Waals surface area (Å²) < 4.78 is 66.4. The van der Waals surface area contributed by atoms with Gasteiger partial charge in [0.05, 0.1) is 18.8 Å². The summed E-state index contributed by atoms with van der Waals surface area (Å²) in [6, 6.07) is 14.2. The summed E-state index contributed by atoms with van der Waals surface area (Å²) >= 11 is 6.47. The molecular weight excluding hydrogens is 661 g/mol. The molecule has 1 unspecified atom stereocenters. The van der Waals surface area contributed by atoms with Crippen molar-refractivity contribution < 1.29 is 41.4 Å². The Morgan fingerprint density at radius 2 is 1.69 bits per heavy atom. The number of nitrogens with zero attached hydrogens (tertiary/aromatic N) is 5. The number of aromatic nitrogens is 2. The molecule has 0 amide bonds. The number of piperazine rings is 1. The van der Waals surface area contributed by atoms with Crippen molar-refractivity contribution in [3.8, 4) is 11.1 Å². The molecule has 2 aliphatic heterocycles. The number of alkyl halides is 5. The Labute approximate surface area is 280 Å². The SMILES string of the molecule is CCCN1CCN(c2ccc(-c3ccc(Cl)cc3N3CCCC(n4ncc(C(=O)OCC)c4C(F)F)C3)cc2)CC1.O=C(O)C(F)(F)F. The van der Waals surface area contributed by atoms with Crippen LogP contribution in [0.1, 0.15) is 61.6 Å². The number of carboxylic acid groups (broad SMARTS) is 1. The van der Waals surface area contributed by atoms with Crippen molar-refractivity contribution >= 4 is 34.9 Å². The minimum atomic E-state index is -5.08. The Morgan fingerprint density at radius 3 is 2.27 bits per heavy atom. The van der Waals surface area contributed by atoms with Gasteiger partial charge >= 0.3 is 18.1 Å². The number of carbonyl (C=O) groups is 2. The van der Waals surface area contributed by atoms with Crippen LogP contribution in [0.3, 0.4) is 0 Å². The van der Waals surface area contributed by atoms with E-state index >= 15 is 0 Å². The number of piperidine rings is 1. The maximum atomic E-state index is 14.2. The van der Waals surface area contributed by atoms with Crippen LogP contribution in [-0.2, 0) is 9.53 Å². The Balaban J connectivity index is 0.000000671. The summed E-state index contributed by atoms with van der Waals surface area (Å²) in [4.78, 5) is 28.4. The van der Waals surface area contributed by atoms with Gasteiger partial charge in [-0.15, -0.1) is 0 Å². The molecule has 3 aromatic rings. The highest BCUT2D eigenvalue weighted by molar-refractivity contribution is 6.31. The predicted molar refractivity (Wildman–Crippen MR) is 173 cm³/mol. The largest absolute Gasteiger partial charge is 0.490 e. The number of hydrogen-bond acceptors (Lipinski definition) is 7. The fourth-order valence-electron chi connectivity index (χ4n) is 6.03. The molecule has 5 rings (SSSR count). The van der Waals surface area contributed by atoms with E-state index in [0.717, 1.165) is 62.5 Å². The highest BCUT2D eigenvalue weighted by atomic mass is 35.5. The number of esters is 1. The molecule has 262 valence electrons. The zero-order valence-electron chi connectivity index (χ0n) is 26.7. The molecule has 2 aliphatic rings. The van der Waals surface area contributed by atoms with Gasteiger partial charge in [-0.25, -0.2) is 18.4 Å². The minimum absolute atomic E-state index is 0.109. The first-order valence-electron chi connectivity index (χ1n) is 15.8. The lowest BCUT2D eigenvalue weighted by molar-refractivity contribution is -0.192. The van der Waals surface area contributed by atoms with E-state index in [-0.39, 0.29) is 23.9 Å². The van der Waals surface area contributed by atoms with E-state index in [1.165, 1.54) is 23.0 Å². The first kappa shape index (κ1) is 36.9. The second-order valence-corrected chi connectivity index (χ2v) is 11.9. The molecule has 2 aromatic carbocycles. The van der Waals surface area contributed by atoms with Gasteiger partial charge in [0.25, 0.3) is 6.43 Å². The van der Waals surface area contributed by atoms with Crippen molar-refractivity contribution in [3.05, 3.63) is 64.9 Å². The average molecular weight is 700 g/mol. The number of carboxylic acids is 1. The number of anilines is 2. The van der Waals surface area contributed by atoms with E-state index in [2.05, 4.69) is 51.0 Å². The van der Waals surface area contributed by atoms with E-state index in [1.54, 1.807) is 6.92 Å². The summed E-state index contributed by atoms with van der Waals surface area (Å²) in [5.41, 5.74) is 3.73. The summed E-state index contributed by atoms with van der Waals surface area (Å²) in [6.07, 6.45) is -4.08. The zero-order chi connectivity index (χ0) is 35.0. The predicted octanol–water partition coefficient (Wildman–Crippen LogP) is 7.32. The van der Waals surface area contributed by atoms with Gasteiger partial charge in [0.2, 0.25) is 0 Å². The molecule has 9 nitrogen and oxygen atoms in total. The molecule has 1 atom stereocenters. The summed E-state index contributed by atoms with van der Waals surface area (Å²) in [6.45, 7) is 10.6. The average Bonchev–Trinajstić information content (AvgIpc) is 3.52. The summed E-state index contributed by atoms with van der Waals surface area (Å²) in [5.74, 6) is -3.53. The molecule has 1 N–H and O–H groups in total. The third-order valence-electron chi connectivity index (χ3n) is 8.28. The second kappa shape index (κ2) is 16.5. The smallest absolute Gasteiger partial charge is 0.475 e. The van der Waals surface area contributed by atoms with E-state index in [1.807, 2.05) is 18.2 Å². The first-order valence-corrected chi connectivity index (χ1v) is 16.2. The standard InChI is InChI=1S/C31H38ClF2N5O2.C2HF3O2/c1-3-13-36-15-17-37(18-16-36)24-10-7-22(8-11-24)26-12-9-23(32)19-28(26)38-14-5-6-25(21-38)39-29(30(33)34)27(20-35-39)31(40)41-4-2;3-2(4,5)1(6)7/h7-12,19-20,25,30H,3-6,13-18,21H2,1-2H3;(H,6,7). The van der Waals surface area contributed by atoms with Crippen LogP contribution >= 0.6 is 11.6 Å². The highest BCUT2D eigenvalue weighted by Crippen LogP contribution is 2.38. The van der Waals surface area contributed by atoms with Gasteiger partial charge in [0.15, 0.2) is 0 Å². The van der Waals surface area contributed by atoms with Gasteiger partial charge in [0, 0.05) is 61.2 Å². The molecule has 0 bridgehead atoms. The van der Waals surface area contributed by atoms with Gasteiger partial charge < -0.3 is 19.6 Å². The van der Waals surface area contributed by atoms with E-state index in [0.29, 0.717) is 18.0 Å². The quantitative estimate of drug-likeness (QED) is 0.184. The fraction of sp³-hybridized carbons (Fsp3) is 0.485. The molecule has 1 aromatic heterocycles. The fourth-order valence-corrected chi connectivity index (χ4v) is 6.19. The molecule has 0 saturated carbocycles. The van der Waals surface area contributed by atoms with Crippen molar-refractivity contribution in [1.82, 2.24) is 14.7 Å². The number of halogens is 6.